The van der Waals surface area contributed by atoms with E-state index < -0.39 is 55.2 Å². The molecule has 152 valence electrons. The number of hydrogen-bond donors (Lipinski definition) is 0. The molecule has 0 aliphatic heterocycles. The Kier molecular flexibility index (Phi) is 8.59. The molecule has 1 atom stereocenters. The second kappa shape index (κ2) is 9.23. The quantitative estimate of drug-likeness (QED) is 0.495. The number of carbonyl (C=O) groups is 3. The number of ether oxygens (including phenoxy) is 3. The molecule has 0 aliphatic carbocycles. The Morgan fingerprint density at radius 3 is 1.69 bits per heavy atom. The molecule has 0 bridgehead atoms. The molecule has 0 spiro atoms. The molecule has 0 saturated heterocycles. The average Bonchev–Trinajstić information content (AvgIpc) is 2.43. The summed E-state index contributed by atoms with van der Waals surface area (Å²) in [5, 5.41) is 0. The van der Waals surface area contributed by atoms with E-state index in [1.165, 1.54) is 0 Å². The highest BCUT2D eigenvalue weighted by atomic mass is 19.4. The van der Waals surface area contributed by atoms with Crippen molar-refractivity contribution in [3.05, 3.63) is 0 Å². The summed E-state index contributed by atoms with van der Waals surface area (Å²) in [4.78, 5) is 34.8. The molecule has 0 aromatic heterocycles. The molecule has 0 aromatic rings. The van der Waals surface area contributed by atoms with Gasteiger partial charge in [0.15, 0.2) is 19.8 Å². The van der Waals surface area contributed by atoms with E-state index in [-0.39, 0.29) is 5.41 Å². The summed E-state index contributed by atoms with van der Waals surface area (Å²) < 4.78 is 48.9. The van der Waals surface area contributed by atoms with Crippen LogP contribution in [-0.2, 0) is 28.6 Å². The summed E-state index contributed by atoms with van der Waals surface area (Å²) in [6.45, 7) is 8.05. The van der Waals surface area contributed by atoms with Crippen LogP contribution in [0.1, 0.15) is 48.0 Å². The van der Waals surface area contributed by atoms with Crippen LogP contribution in [0.15, 0.2) is 0 Å². The predicted octanol–water partition coefficient (Wildman–Crippen LogP) is 3.28. The van der Waals surface area contributed by atoms with Crippen molar-refractivity contribution < 1.29 is 41.8 Å². The number of halogens is 3. The minimum atomic E-state index is -4.66. The first kappa shape index (κ1) is 24.2. The van der Waals surface area contributed by atoms with Crippen LogP contribution in [0.3, 0.4) is 0 Å². The maximum absolute atomic E-state index is 12.3. The van der Waals surface area contributed by atoms with E-state index in [4.69, 9.17) is 4.74 Å². The van der Waals surface area contributed by atoms with Gasteiger partial charge >= 0.3 is 24.1 Å². The number of hydrogen-bond acceptors (Lipinski definition) is 6. The van der Waals surface area contributed by atoms with Gasteiger partial charge in [-0.3, -0.25) is 4.79 Å². The molecule has 0 aromatic carbocycles. The minimum absolute atomic E-state index is 0.139. The van der Waals surface area contributed by atoms with Crippen LogP contribution in [0.5, 0.6) is 0 Å². The highest BCUT2D eigenvalue weighted by Gasteiger charge is 2.36. The van der Waals surface area contributed by atoms with Crippen LogP contribution in [0.2, 0.25) is 0 Å². The van der Waals surface area contributed by atoms with Crippen molar-refractivity contribution >= 4 is 17.9 Å². The third-order valence-electron chi connectivity index (χ3n) is 3.23. The van der Waals surface area contributed by atoms with Gasteiger partial charge in [-0.1, -0.05) is 41.5 Å². The fourth-order valence-corrected chi connectivity index (χ4v) is 1.97. The first-order valence-electron chi connectivity index (χ1n) is 8.06. The monoisotopic (exact) mass is 384 g/mol. The first-order valence-corrected chi connectivity index (χ1v) is 8.06. The Labute approximate surface area is 151 Å². The fourth-order valence-electron chi connectivity index (χ4n) is 1.97. The lowest BCUT2D eigenvalue weighted by Gasteiger charge is -2.33. The van der Waals surface area contributed by atoms with Crippen LogP contribution < -0.4 is 0 Å². The van der Waals surface area contributed by atoms with Crippen molar-refractivity contribution in [2.75, 3.05) is 19.8 Å². The number of esters is 3. The highest BCUT2D eigenvalue weighted by Crippen LogP contribution is 2.36. The van der Waals surface area contributed by atoms with E-state index in [2.05, 4.69) is 9.47 Å². The molecule has 0 radical (unpaired) electrons. The Morgan fingerprint density at radius 1 is 0.808 bits per heavy atom. The van der Waals surface area contributed by atoms with Gasteiger partial charge in [-0.15, -0.1) is 0 Å². The fraction of sp³-hybridized carbons (Fsp3) is 0.824. The van der Waals surface area contributed by atoms with Crippen molar-refractivity contribution in [3.8, 4) is 0 Å². The third-order valence-corrected chi connectivity index (χ3v) is 3.23. The van der Waals surface area contributed by atoms with Gasteiger partial charge in [-0.25, -0.2) is 9.59 Å². The minimum Gasteiger partial charge on any atom is -0.454 e. The smallest absolute Gasteiger partial charge is 0.422 e. The molecule has 0 heterocycles. The van der Waals surface area contributed by atoms with Crippen LogP contribution in [0, 0.1) is 16.7 Å². The molecule has 0 N–H and O–H groups in total. The molecule has 9 heteroatoms. The number of alkyl halides is 3. The van der Waals surface area contributed by atoms with Gasteiger partial charge in [0.2, 0.25) is 0 Å². The third kappa shape index (κ3) is 11.7. The maximum Gasteiger partial charge on any atom is 0.422 e. The molecule has 0 rings (SSSR count). The normalized spacial score (nSPS) is 13.7. The van der Waals surface area contributed by atoms with Crippen LogP contribution >= 0.6 is 0 Å². The summed E-state index contributed by atoms with van der Waals surface area (Å²) in [5.74, 6) is -3.44. The molecule has 1 unspecified atom stereocenters. The summed E-state index contributed by atoms with van der Waals surface area (Å²) >= 11 is 0. The van der Waals surface area contributed by atoms with Crippen molar-refractivity contribution in [3.63, 3.8) is 0 Å². The number of rotatable bonds is 7. The summed E-state index contributed by atoms with van der Waals surface area (Å²) in [7, 11) is 0. The van der Waals surface area contributed by atoms with Gasteiger partial charge in [0.25, 0.3) is 0 Å². The lowest BCUT2D eigenvalue weighted by atomic mass is 9.72. The molecule has 0 fully saturated rings. The molecule has 6 nitrogen and oxygen atoms in total. The second-order valence-electron chi connectivity index (χ2n) is 8.23. The molecular formula is C17H27F3O6. The Balaban J connectivity index is 4.43. The SMILES string of the molecule is CC(C)(C)CC(C(=O)OCC(=O)OCC(=O)OCC(F)(F)F)C(C)(C)C. The zero-order valence-electron chi connectivity index (χ0n) is 16.0. The van der Waals surface area contributed by atoms with E-state index in [1.807, 2.05) is 41.5 Å². The zero-order valence-corrected chi connectivity index (χ0v) is 16.0. The van der Waals surface area contributed by atoms with E-state index >= 15 is 0 Å². The largest absolute Gasteiger partial charge is 0.454 e. The molecule has 0 amide bonds. The van der Waals surface area contributed by atoms with Gasteiger partial charge in [0.05, 0.1) is 5.92 Å². The molecule has 0 saturated carbocycles. The Hall–Kier alpha value is -1.80. The summed E-state index contributed by atoms with van der Waals surface area (Å²) in [6.07, 6.45) is -4.13. The van der Waals surface area contributed by atoms with Crippen molar-refractivity contribution in [2.45, 2.75) is 54.1 Å². The van der Waals surface area contributed by atoms with Crippen molar-refractivity contribution in [1.29, 1.82) is 0 Å². The van der Waals surface area contributed by atoms with Crippen molar-refractivity contribution in [1.82, 2.24) is 0 Å². The van der Waals surface area contributed by atoms with E-state index in [0.29, 0.717) is 6.42 Å². The molecule has 0 aliphatic rings. The van der Waals surface area contributed by atoms with Gasteiger partial charge in [0, 0.05) is 0 Å². The lowest BCUT2D eigenvalue weighted by Crippen LogP contribution is -2.35. The van der Waals surface area contributed by atoms with E-state index in [1.54, 1.807) is 0 Å². The van der Waals surface area contributed by atoms with Crippen LogP contribution in [0.4, 0.5) is 13.2 Å². The lowest BCUT2D eigenvalue weighted by molar-refractivity contribution is -0.190. The molecule has 26 heavy (non-hydrogen) atoms. The average molecular weight is 384 g/mol. The van der Waals surface area contributed by atoms with Gasteiger partial charge in [-0.2, -0.15) is 13.2 Å². The van der Waals surface area contributed by atoms with E-state index in [9.17, 15) is 27.6 Å². The Bertz CT molecular complexity index is 500. The predicted molar refractivity (Wildman–Crippen MR) is 85.9 cm³/mol. The summed E-state index contributed by atoms with van der Waals surface area (Å²) in [5.41, 5.74) is -0.532. The Morgan fingerprint density at radius 2 is 1.27 bits per heavy atom. The standard InChI is InChI=1S/C17H27F3O6/c1-15(2,3)7-11(16(4,5)6)14(23)25-9-12(21)24-8-13(22)26-10-17(18,19)20/h11H,7-10H2,1-6H3. The van der Waals surface area contributed by atoms with Gasteiger partial charge < -0.3 is 14.2 Å². The van der Waals surface area contributed by atoms with Crippen LogP contribution in [0.25, 0.3) is 0 Å². The maximum atomic E-state index is 12.3. The first-order chi connectivity index (χ1) is 11.5. The van der Waals surface area contributed by atoms with Crippen LogP contribution in [-0.4, -0.2) is 43.9 Å². The number of carbonyl (C=O) groups excluding carboxylic acids is 3. The van der Waals surface area contributed by atoms with Crippen molar-refractivity contribution in [2.24, 2.45) is 16.7 Å². The topological polar surface area (TPSA) is 78.9 Å². The van der Waals surface area contributed by atoms with Gasteiger partial charge in [0.1, 0.15) is 0 Å². The van der Waals surface area contributed by atoms with E-state index in [0.717, 1.165) is 0 Å². The molecular weight excluding hydrogens is 357 g/mol. The zero-order chi connectivity index (χ0) is 20.8. The summed E-state index contributed by atoms with van der Waals surface area (Å²) in [6, 6.07) is 0. The van der Waals surface area contributed by atoms with Gasteiger partial charge in [-0.05, 0) is 17.3 Å². The second-order valence-corrected chi connectivity index (χ2v) is 8.23. The highest BCUT2D eigenvalue weighted by molar-refractivity contribution is 5.80.